The lowest BCUT2D eigenvalue weighted by Crippen LogP contribution is -2.54. The van der Waals surface area contributed by atoms with Crippen molar-refractivity contribution in [2.45, 2.75) is 6.92 Å². The maximum atomic E-state index is 13.0. The number of carbonyl (C=O) groups excluding carboxylic acids is 2. The Hall–Kier alpha value is -3.29. The van der Waals surface area contributed by atoms with Gasteiger partial charge in [-0.2, -0.15) is 0 Å². The van der Waals surface area contributed by atoms with Crippen molar-refractivity contribution in [1.29, 1.82) is 0 Å². The highest BCUT2D eigenvalue weighted by Crippen LogP contribution is 2.27. The van der Waals surface area contributed by atoms with Gasteiger partial charge in [-0.1, -0.05) is 18.2 Å². The van der Waals surface area contributed by atoms with E-state index in [1.807, 2.05) is 49.4 Å². The predicted octanol–water partition coefficient (Wildman–Crippen LogP) is 4.68. The summed E-state index contributed by atoms with van der Waals surface area (Å²) < 4.78 is 5.78. The molecule has 1 aromatic heterocycles. The molecule has 7 heteroatoms. The average Bonchev–Trinajstić information content (AvgIpc) is 3.12. The van der Waals surface area contributed by atoms with Crippen LogP contribution in [0.1, 0.15) is 9.75 Å². The maximum Gasteiger partial charge on any atom is 0.270 e. The van der Waals surface area contributed by atoms with Crippen LogP contribution in [0, 0.1) is 6.92 Å². The number of thiophene rings is 1. The molecule has 2 heterocycles. The van der Waals surface area contributed by atoms with Gasteiger partial charge in [-0.3, -0.25) is 19.8 Å². The summed E-state index contributed by atoms with van der Waals surface area (Å²) in [4.78, 5) is 28.6. The molecule has 0 radical (unpaired) electrons. The van der Waals surface area contributed by atoms with Crippen LogP contribution < -0.4 is 15.0 Å². The molecule has 1 fully saturated rings. The van der Waals surface area contributed by atoms with Gasteiger partial charge in [0, 0.05) is 9.75 Å². The Morgan fingerprint density at radius 3 is 2.31 bits per heavy atom. The number of hydrogen-bond acceptors (Lipinski definition) is 5. The number of carbonyl (C=O) groups is 2. The third-order valence-electron chi connectivity index (χ3n) is 4.22. The first kappa shape index (κ1) is 19.0. The summed E-state index contributed by atoms with van der Waals surface area (Å²) in [5.41, 5.74) is 0.596. The van der Waals surface area contributed by atoms with Crippen LogP contribution in [0.15, 0.2) is 72.3 Å². The van der Waals surface area contributed by atoms with E-state index in [0.717, 1.165) is 9.75 Å². The highest BCUT2D eigenvalue weighted by Gasteiger charge is 2.34. The Morgan fingerprint density at radius 2 is 1.66 bits per heavy atom. The first-order chi connectivity index (χ1) is 14.0. The molecule has 144 valence electrons. The summed E-state index contributed by atoms with van der Waals surface area (Å²) >= 11 is 6.75. The Bertz CT molecular complexity index is 1120. The molecule has 1 saturated heterocycles. The number of amides is 2. The summed E-state index contributed by atoms with van der Waals surface area (Å²) in [7, 11) is 0. The van der Waals surface area contributed by atoms with Gasteiger partial charge in [-0.05, 0) is 73.7 Å². The van der Waals surface area contributed by atoms with Gasteiger partial charge in [0.1, 0.15) is 17.1 Å². The fourth-order valence-electron chi connectivity index (χ4n) is 2.85. The number of thiocarbonyl (C=S) groups is 1. The maximum absolute atomic E-state index is 13.0. The molecule has 0 aliphatic carbocycles. The van der Waals surface area contributed by atoms with Crippen molar-refractivity contribution in [2.75, 3.05) is 4.90 Å². The van der Waals surface area contributed by atoms with Gasteiger partial charge in [-0.15, -0.1) is 11.3 Å². The standard InChI is InChI=1S/C22H16N2O3S2/c1-14-7-12-18(29-14)13-19-20(25)23-22(28)24(21(19)26)15-8-10-17(11-9-15)27-16-5-3-2-4-6-16/h2-13H,1H3,(H,23,25,28). The topological polar surface area (TPSA) is 58.6 Å². The number of aryl methyl sites for hydroxylation is 1. The van der Waals surface area contributed by atoms with Gasteiger partial charge >= 0.3 is 0 Å². The smallest absolute Gasteiger partial charge is 0.270 e. The van der Waals surface area contributed by atoms with Gasteiger partial charge < -0.3 is 4.74 Å². The SMILES string of the molecule is Cc1ccc(C=C2C(=O)NC(=S)N(c3ccc(Oc4ccccc4)cc3)C2=O)s1. The number of nitrogens with one attached hydrogen (secondary N) is 1. The first-order valence-electron chi connectivity index (χ1n) is 8.82. The molecule has 5 nitrogen and oxygen atoms in total. The number of anilines is 1. The normalized spacial score (nSPS) is 15.6. The molecule has 2 amide bonds. The zero-order chi connectivity index (χ0) is 20.4. The van der Waals surface area contributed by atoms with Crippen molar-refractivity contribution in [3.63, 3.8) is 0 Å². The van der Waals surface area contributed by atoms with E-state index in [1.165, 1.54) is 16.2 Å². The first-order valence-corrected chi connectivity index (χ1v) is 10.0. The van der Waals surface area contributed by atoms with Gasteiger partial charge in [0.2, 0.25) is 0 Å². The van der Waals surface area contributed by atoms with Crippen molar-refractivity contribution in [3.8, 4) is 11.5 Å². The van der Waals surface area contributed by atoms with Crippen LogP contribution in [-0.2, 0) is 9.59 Å². The lowest BCUT2D eigenvalue weighted by atomic mass is 10.1. The minimum Gasteiger partial charge on any atom is -0.457 e. The molecule has 0 unspecified atom stereocenters. The number of ether oxygens (including phenoxy) is 1. The monoisotopic (exact) mass is 420 g/mol. The van der Waals surface area contributed by atoms with E-state index in [9.17, 15) is 9.59 Å². The van der Waals surface area contributed by atoms with E-state index in [1.54, 1.807) is 30.3 Å². The summed E-state index contributed by atoms with van der Waals surface area (Å²) in [6.07, 6.45) is 1.59. The molecule has 0 saturated carbocycles. The molecule has 1 aliphatic rings. The third-order valence-corrected chi connectivity index (χ3v) is 5.46. The second-order valence-corrected chi connectivity index (χ2v) is 8.02. The van der Waals surface area contributed by atoms with Gasteiger partial charge in [0.25, 0.3) is 11.8 Å². The Labute approximate surface area is 177 Å². The summed E-state index contributed by atoms with van der Waals surface area (Å²) in [6, 6.07) is 20.2. The minimum absolute atomic E-state index is 0.0464. The van der Waals surface area contributed by atoms with E-state index in [4.69, 9.17) is 17.0 Å². The number of benzene rings is 2. The number of hydrogen-bond donors (Lipinski definition) is 1. The lowest BCUT2D eigenvalue weighted by molar-refractivity contribution is -0.122. The average molecular weight is 421 g/mol. The largest absolute Gasteiger partial charge is 0.457 e. The number of nitrogens with zero attached hydrogens (tertiary/aromatic N) is 1. The van der Waals surface area contributed by atoms with Gasteiger partial charge in [-0.25, -0.2) is 0 Å². The van der Waals surface area contributed by atoms with Gasteiger partial charge in [0.05, 0.1) is 5.69 Å². The molecule has 3 aromatic rings. The van der Waals surface area contributed by atoms with Crippen LogP contribution in [0.4, 0.5) is 5.69 Å². The lowest BCUT2D eigenvalue weighted by Gasteiger charge is -2.28. The van der Waals surface area contributed by atoms with Crippen molar-refractivity contribution in [2.24, 2.45) is 0 Å². The number of rotatable bonds is 4. The molecule has 1 N–H and O–H groups in total. The van der Waals surface area contributed by atoms with Crippen molar-refractivity contribution in [3.05, 3.63) is 82.1 Å². The molecule has 0 spiro atoms. The fourth-order valence-corrected chi connectivity index (χ4v) is 3.95. The van der Waals surface area contributed by atoms with Crippen LogP contribution in [0.2, 0.25) is 0 Å². The molecule has 2 aromatic carbocycles. The van der Waals surface area contributed by atoms with E-state index in [0.29, 0.717) is 17.2 Å². The minimum atomic E-state index is -0.494. The van der Waals surface area contributed by atoms with E-state index >= 15 is 0 Å². The molecular weight excluding hydrogens is 404 g/mol. The van der Waals surface area contributed by atoms with Crippen molar-refractivity contribution in [1.82, 2.24) is 5.32 Å². The molecule has 4 rings (SSSR count). The quantitative estimate of drug-likeness (QED) is 0.378. The molecular formula is C22H16N2O3S2. The Kier molecular flexibility index (Phi) is 5.24. The molecule has 1 aliphatic heterocycles. The van der Waals surface area contributed by atoms with Crippen LogP contribution >= 0.6 is 23.6 Å². The van der Waals surface area contributed by atoms with Crippen LogP contribution in [-0.4, -0.2) is 16.9 Å². The van der Waals surface area contributed by atoms with Gasteiger partial charge in [0.15, 0.2) is 5.11 Å². The predicted molar refractivity (Wildman–Crippen MR) is 118 cm³/mol. The van der Waals surface area contributed by atoms with Crippen LogP contribution in [0.25, 0.3) is 6.08 Å². The zero-order valence-electron chi connectivity index (χ0n) is 15.4. The van der Waals surface area contributed by atoms with Crippen molar-refractivity contribution < 1.29 is 14.3 Å². The van der Waals surface area contributed by atoms with E-state index in [2.05, 4.69) is 5.32 Å². The second-order valence-electron chi connectivity index (χ2n) is 6.32. The highest BCUT2D eigenvalue weighted by molar-refractivity contribution is 7.80. The fraction of sp³-hybridized carbons (Fsp3) is 0.0455. The van der Waals surface area contributed by atoms with Crippen LogP contribution in [0.3, 0.4) is 0 Å². The summed E-state index contributed by atoms with van der Waals surface area (Å²) in [6.45, 7) is 1.97. The second kappa shape index (κ2) is 7.98. The highest BCUT2D eigenvalue weighted by atomic mass is 32.1. The van der Waals surface area contributed by atoms with Crippen LogP contribution in [0.5, 0.6) is 11.5 Å². The van der Waals surface area contributed by atoms with Crippen molar-refractivity contribution >= 4 is 52.2 Å². The Balaban J connectivity index is 1.59. The molecule has 29 heavy (non-hydrogen) atoms. The zero-order valence-corrected chi connectivity index (χ0v) is 17.0. The number of para-hydroxylation sites is 1. The van der Waals surface area contributed by atoms with E-state index < -0.39 is 11.8 Å². The molecule has 0 atom stereocenters. The van der Waals surface area contributed by atoms with E-state index in [-0.39, 0.29) is 10.7 Å². The molecule has 0 bridgehead atoms. The summed E-state index contributed by atoms with van der Waals surface area (Å²) in [5, 5.41) is 2.64. The summed E-state index contributed by atoms with van der Waals surface area (Å²) in [5.74, 6) is 0.394. The third kappa shape index (κ3) is 4.11. The Morgan fingerprint density at radius 1 is 0.966 bits per heavy atom.